The molecule has 5 heteroatoms. The number of unbranched alkanes of at least 4 members (excludes halogenated alkanes) is 16. The summed E-state index contributed by atoms with van der Waals surface area (Å²) in [7, 11) is 2.20. The molecule has 2 bridgehead atoms. The molecular weight excluding hydrogens is 643 g/mol. The van der Waals surface area contributed by atoms with Crippen LogP contribution in [0.5, 0.6) is 0 Å². The number of carbonyl (C=O) groups is 2. The van der Waals surface area contributed by atoms with Crippen molar-refractivity contribution in [3.05, 3.63) is 48.0 Å². The van der Waals surface area contributed by atoms with Crippen LogP contribution in [0.4, 0.5) is 0 Å². The second kappa shape index (κ2) is 28.3. The Morgan fingerprint density at radius 3 is 1.83 bits per heavy atom. The summed E-state index contributed by atoms with van der Waals surface area (Å²) < 4.78 is 11.9. The second-order valence-corrected chi connectivity index (χ2v) is 16.4. The molecule has 1 aromatic rings. The number of rotatable bonds is 31. The lowest BCUT2D eigenvalue weighted by Gasteiger charge is -2.36. The first kappa shape index (κ1) is 44.3. The molecule has 52 heavy (non-hydrogen) atoms. The standard InChI is InChI=1S/C47H79NO4/c1-4-6-8-10-12-14-16-18-20-22-25-30-40(29-24-21-19-17-15-13-11-9-7-5-2)31-28-34-46(49)51-39-45(41-32-26-23-27-33-41)47(50)52-44-37-42-35-36-43(38-44)48(42)3/h18,20,23,26-27,32-33,40,42-45H,4-17,19,21-22,24-25,28-31,34-39H2,1-3H3/b20-18-/t40?,42-,43+,44+,45?. The van der Waals surface area contributed by atoms with Crippen LogP contribution in [0.1, 0.15) is 205 Å². The largest absolute Gasteiger partial charge is 0.464 e. The van der Waals surface area contributed by atoms with E-state index in [4.69, 9.17) is 9.47 Å². The van der Waals surface area contributed by atoms with E-state index in [-0.39, 0.29) is 24.6 Å². The lowest BCUT2D eigenvalue weighted by molar-refractivity contribution is -0.158. The molecule has 0 aliphatic carbocycles. The molecule has 2 saturated heterocycles. The van der Waals surface area contributed by atoms with Crippen molar-refractivity contribution in [1.29, 1.82) is 0 Å². The number of allylic oxidation sites excluding steroid dienone is 2. The Labute approximate surface area is 320 Å². The summed E-state index contributed by atoms with van der Waals surface area (Å²) in [6, 6.07) is 10.7. The highest BCUT2D eigenvalue weighted by molar-refractivity contribution is 5.79. The predicted octanol–water partition coefficient (Wildman–Crippen LogP) is 13.1. The third-order valence-corrected chi connectivity index (χ3v) is 12.1. The van der Waals surface area contributed by atoms with Gasteiger partial charge < -0.3 is 14.4 Å². The first-order valence-electron chi connectivity index (χ1n) is 22.3. The van der Waals surface area contributed by atoms with Crippen molar-refractivity contribution in [3.8, 4) is 0 Å². The summed E-state index contributed by atoms with van der Waals surface area (Å²) in [5.74, 6) is -0.363. The van der Waals surface area contributed by atoms with E-state index in [1.165, 1.54) is 148 Å². The number of fused-ring (bicyclic) bond motifs is 2. The van der Waals surface area contributed by atoms with Crippen LogP contribution in [0.15, 0.2) is 42.5 Å². The molecule has 2 heterocycles. The van der Waals surface area contributed by atoms with Crippen LogP contribution in [0, 0.1) is 5.92 Å². The van der Waals surface area contributed by atoms with Gasteiger partial charge in [0.1, 0.15) is 18.6 Å². The van der Waals surface area contributed by atoms with Crippen LogP contribution in [-0.2, 0) is 19.1 Å². The van der Waals surface area contributed by atoms with E-state index in [1.807, 2.05) is 30.3 Å². The van der Waals surface area contributed by atoms with Gasteiger partial charge in [0.25, 0.3) is 0 Å². The van der Waals surface area contributed by atoms with Crippen LogP contribution in [0.3, 0.4) is 0 Å². The maximum Gasteiger partial charge on any atom is 0.317 e. The molecule has 2 aliphatic rings. The van der Waals surface area contributed by atoms with Gasteiger partial charge in [-0.15, -0.1) is 0 Å². The lowest BCUT2D eigenvalue weighted by Crippen LogP contribution is -2.44. The number of hydrogen-bond donors (Lipinski definition) is 0. The molecule has 0 aromatic heterocycles. The second-order valence-electron chi connectivity index (χ2n) is 16.4. The molecule has 0 saturated carbocycles. The van der Waals surface area contributed by atoms with E-state index < -0.39 is 5.92 Å². The number of benzene rings is 1. The average Bonchev–Trinajstić information content (AvgIpc) is 3.34. The van der Waals surface area contributed by atoms with E-state index in [0.717, 1.165) is 31.2 Å². The van der Waals surface area contributed by atoms with Crippen molar-refractivity contribution in [1.82, 2.24) is 4.90 Å². The third-order valence-electron chi connectivity index (χ3n) is 12.1. The van der Waals surface area contributed by atoms with Gasteiger partial charge in [-0.3, -0.25) is 9.59 Å². The Morgan fingerprint density at radius 1 is 0.692 bits per heavy atom. The van der Waals surface area contributed by atoms with Gasteiger partial charge in [-0.1, -0.05) is 165 Å². The fourth-order valence-electron chi connectivity index (χ4n) is 8.63. The zero-order valence-corrected chi connectivity index (χ0v) is 34.0. The number of esters is 2. The van der Waals surface area contributed by atoms with Gasteiger partial charge in [-0.25, -0.2) is 0 Å². The first-order valence-corrected chi connectivity index (χ1v) is 22.3. The van der Waals surface area contributed by atoms with Crippen LogP contribution < -0.4 is 0 Å². The maximum atomic E-state index is 13.5. The fraction of sp³-hybridized carbons (Fsp3) is 0.787. The Bertz CT molecular complexity index is 1060. The van der Waals surface area contributed by atoms with Gasteiger partial charge in [0.15, 0.2) is 0 Å². The van der Waals surface area contributed by atoms with Crippen LogP contribution in [0.2, 0.25) is 0 Å². The van der Waals surface area contributed by atoms with Gasteiger partial charge in [0, 0.05) is 18.5 Å². The number of hydrogen-bond acceptors (Lipinski definition) is 5. The highest BCUT2D eigenvalue weighted by Crippen LogP contribution is 2.36. The zero-order valence-electron chi connectivity index (χ0n) is 34.0. The maximum absolute atomic E-state index is 13.5. The molecule has 2 unspecified atom stereocenters. The van der Waals surface area contributed by atoms with E-state index in [1.54, 1.807) is 0 Å². The highest BCUT2D eigenvalue weighted by atomic mass is 16.6. The van der Waals surface area contributed by atoms with Crippen molar-refractivity contribution in [2.45, 2.75) is 218 Å². The van der Waals surface area contributed by atoms with Crippen LogP contribution in [-0.4, -0.2) is 48.7 Å². The number of carbonyl (C=O) groups excluding carboxylic acids is 2. The molecule has 296 valence electrons. The van der Waals surface area contributed by atoms with E-state index >= 15 is 0 Å². The summed E-state index contributed by atoms with van der Waals surface area (Å²) in [5.41, 5.74) is 0.855. The van der Waals surface area contributed by atoms with Crippen molar-refractivity contribution in [3.63, 3.8) is 0 Å². The summed E-state index contributed by atoms with van der Waals surface area (Å²) >= 11 is 0. The van der Waals surface area contributed by atoms with Crippen LogP contribution >= 0.6 is 0 Å². The highest BCUT2D eigenvalue weighted by Gasteiger charge is 2.40. The van der Waals surface area contributed by atoms with Crippen molar-refractivity contribution in [2.75, 3.05) is 13.7 Å². The zero-order chi connectivity index (χ0) is 37.1. The molecule has 5 atom stereocenters. The summed E-state index contributed by atoms with van der Waals surface area (Å²) in [6.07, 6.45) is 39.3. The normalized spacial score (nSPS) is 19.9. The Hall–Kier alpha value is -2.14. The minimum absolute atomic E-state index is 0.0496. The number of piperidine rings is 1. The lowest BCUT2D eigenvalue weighted by atomic mass is 9.90. The molecule has 2 fully saturated rings. The topological polar surface area (TPSA) is 55.8 Å². The third kappa shape index (κ3) is 18.8. The Balaban J connectivity index is 1.39. The van der Waals surface area contributed by atoms with Crippen molar-refractivity contribution >= 4 is 11.9 Å². The number of ether oxygens (including phenoxy) is 2. The van der Waals surface area contributed by atoms with Gasteiger partial charge in [-0.2, -0.15) is 0 Å². The van der Waals surface area contributed by atoms with Gasteiger partial charge in [0.2, 0.25) is 0 Å². The molecule has 2 aliphatic heterocycles. The molecule has 0 amide bonds. The van der Waals surface area contributed by atoms with Crippen molar-refractivity contribution < 1.29 is 19.1 Å². The quantitative estimate of drug-likeness (QED) is 0.0434. The van der Waals surface area contributed by atoms with Gasteiger partial charge >= 0.3 is 11.9 Å². The smallest absolute Gasteiger partial charge is 0.317 e. The molecule has 0 radical (unpaired) electrons. The first-order chi connectivity index (χ1) is 25.5. The van der Waals surface area contributed by atoms with Crippen molar-refractivity contribution in [2.24, 2.45) is 5.92 Å². The van der Waals surface area contributed by atoms with Gasteiger partial charge in [0.05, 0.1) is 0 Å². The van der Waals surface area contributed by atoms with Crippen LogP contribution in [0.25, 0.3) is 0 Å². The predicted molar refractivity (Wildman–Crippen MR) is 219 cm³/mol. The molecule has 1 aromatic carbocycles. The summed E-state index contributed by atoms with van der Waals surface area (Å²) in [4.78, 5) is 29.0. The molecule has 0 N–H and O–H groups in total. The van der Waals surface area contributed by atoms with E-state index in [2.05, 4.69) is 37.9 Å². The summed E-state index contributed by atoms with van der Waals surface area (Å²) in [5, 5.41) is 0. The van der Waals surface area contributed by atoms with E-state index in [0.29, 0.717) is 24.4 Å². The molecule has 0 spiro atoms. The minimum Gasteiger partial charge on any atom is -0.464 e. The monoisotopic (exact) mass is 722 g/mol. The Kier molecular flexibility index (Phi) is 24.1. The van der Waals surface area contributed by atoms with E-state index in [9.17, 15) is 9.59 Å². The molecule has 3 rings (SSSR count). The summed E-state index contributed by atoms with van der Waals surface area (Å²) in [6.45, 7) is 4.62. The minimum atomic E-state index is -0.583. The fourth-order valence-corrected chi connectivity index (χ4v) is 8.63. The average molecular weight is 722 g/mol. The molecular formula is C47H79NO4. The Morgan fingerprint density at radius 2 is 1.21 bits per heavy atom. The molecule has 5 nitrogen and oxygen atoms in total. The SMILES string of the molecule is CCCCCCCC/C=C\CCCC(CCCCCCCCCCCC)CCCC(=O)OCC(C(=O)O[C@H]1C[C@H]2CC[C@@H](C1)N2C)c1ccccc1. The van der Waals surface area contributed by atoms with Gasteiger partial charge in [-0.05, 0) is 82.7 Å². The number of nitrogens with zero attached hydrogens (tertiary/aromatic N) is 1.